The number of fused-ring (bicyclic) bond motifs is 2. The number of hydrogen-bond donors (Lipinski definition) is 0. The summed E-state index contributed by atoms with van der Waals surface area (Å²) in [6.45, 7) is 9.86. The van der Waals surface area contributed by atoms with E-state index in [0.29, 0.717) is 11.1 Å². The maximum atomic E-state index is 3.77. The average molecular weight is 442 g/mol. The zero-order valence-electron chi connectivity index (χ0n) is 16.1. The van der Waals surface area contributed by atoms with Crippen LogP contribution in [-0.4, -0.2) is 14.3 Å². The first kappa shape index (κ1) is 18.3. The quantitative estimate of drug-likeness (QED) is 0.348. The van der Waals surface area contributed by atoms with Gasteiger partial charge in [-0.25, -0.2) is 0 Å². The van der Waals surface area contributed by atoms with E-state index in [1.807, 2.05) is 11.8 Å². The molecule has 0 radical (unpaired) electrons. The molecule has 134 valence electrons. The number of thioether (sulfide) groups is 1. The van der Waals surface area contributed by atoms with E-state index in [0.717, 1.165) is 0 Å². The van der Waals surface area contributed by atoms with Crippen LogP contribution in [-0.2, 0) is 0 Å². The smallest absolute Gasteiger partial charge is 0.0722 e. The summed E-state index contributed by atoms with van der Waals surface area (Å²) in [5.74, 6) is 0. The summed E-state index contributed by atoms with van der Waals surface area (Å²) < 4.78 is 1.23. The predicted molar refractivity (Wildman–Crippen MR) is 123 cm³/mol. The predicted octanol–water partition coefficient (Wildman–Crippen LogP) is 7.66. The Hall–Kier alpha value is -1.03. The molecule has 0 N–H and O–H groups in total. The molecule has 2 aliphatic rings. The van der Waals surface area contributed by atoms with E-state index in [1.54, 1.807) is 11.1 Å². The minimum Gasteiger partial charge on any atom is -0.129 e. The molecular weight excluding hydrogens is 416 g/mol. The Balaban J connectivity index is 1.85. The third-order valence-electron chi connectivity index (χ3n) is 6.17. The molecule has 3 heteroatoms. The van der Waals surface area contributed by atoms with Gasteiger partial charge in [0.05, 0.1) is 8.07 Å². The zero-order chi connectivity index (χ0) is 18.6. The number of allylic oxidation sites excluding steroid dienone is 2. The van der Waals surface area contributed by atoms with Crippen molar-refractivity contribution in [1.82, 2.24) is 0 Å². The molecule has 2 aliphatic carbocycles. The molecule has 0 aromatic heterocycles. The highest BCUT2D eigenvalue weighted by molar-refractivity contribution is 9.10. The lowest BCUT2D eigenvalue weighted by Gasteiger charge is -2.39. The summed E-state index contributed by atoms with van der Waals surface area (Å²) in [5, 5.41) is 0. The van der Waals surface area contributed by atoms with Crippen LogP contribution in [0.3, 0.4) is 0 Å². The summed E-state index contributed by atoms with van der Waals surface area (Å²) in [6, 6.07) is 13.6. The van der Waals surface area contributed by atoms with Gasteiger partial charge in [0.25, 0.3) is 0 Å². The summed E-state index contributed by atoms with van der Waals surface area (Å²) >= 11 is 5.63. The highest BCUT2D eigenvalue weighted by Gasteiger charge is 2.47. The fraction of sp³-hybridized carbons (Fsp3) is 0.304. The summed E-state index contributed by atoms with van der Waals surface area (Å²) in [6.07, 6.45) is 7.05. The summed E-state index contributed by atoms with van der Waals surface area (Å²) in [4.78, 5) is 1.41. The number of benzene rings is 2. The van der Waals surface area contributed by atoms with E-state index in [9.17, 15) is 0 Å². The molecule has 2 aromatic carbocycles. The van der Waals surface area contributed by atoms with Gasteiger partial charge in [0, 0.05) is 20.5 Å². The number of halogens is 1. The largest absolute Gasteiger partial charge is 0.129 e. The first-order valence-electron chi connectivity index (χ1n) is 9.18. The van der Waals surface area contributed by atoms with Crippen molar-refractivity contribution in [1.29, 1.82) is 0 Å². The van der Waals surface area contributed by atoms with Crippen molar-refractivity contribution >= 4 is 47.9 Å². The van der Waals surface area contributed by atoms with Gasteiger partial charge in [0.2, 0.25) is 0 Å². The third kappa shape index (κ3) is 2.63. The standard InChI is InChI=1S/C23H25BrSSi/c1-14-12-18-16(8-6-10-20(18)24)22(14)26(4,5)23-15(2)13-19-17(23)9-7-11-21(19)25-3/h6-13,22-23H,1-5H3. The molecule has 2 unspecified atom stereocenters. The maximum Gasteiger partial charge on any atom is 0.0722 e. The molecule has 2 atom stereocenters. The van der Waals surface area contributed by atoms with E-state index in [4.69, 9.17) is 0 Å². The van der Waals surface area contributed by atoms with E-state index in [1.165, 1.54) is 31.6 Å². The lowest BCUT2D eigenvalue weighted by atomic mass is 10.1. The van der Waals surface area contributed by atoms with E-state index >= 15 is 0 Å². The Morgan fingerprint density at radius 1 is 0.846 bits per heavy atom. The molecule has 0 fully saturated rings. The monoisotopic (exact) mass is 440 g/mol. The molecule has 0 nitrogen and oxygen atoms in total. The summed E-state index contributed by atoms with van der Waals surface area (Å²) in [7, 11) is -1.69. The van der Waals surface area contributed by atoms with E-state index in [-0.39, 0.29) is 0 Å². The van der Waals surface area contributed by atoms with Gasteiger partial charge < -0.3 is 0 Å². The van der Waals surface area contributed by atoms with Crippen LogP contribution in [0.15, 0.2) is 56.9 Å². The molecule has 0 saturated heterocycles. The lowest BCUT2D eigenvalue weighted by Crippen LogP contribution is -2.42. The Kier molecular flexibility index (Phi) is 4.61. The molecule has 0 aliphatic heterocycles. The van der Waals surface area contributed by atoms with E-state index in [2.05, 4.69) is 97.7 Å². The zero-order valence-corrected chi connectivity index (χ0v) is 19.5. The topological polar surface area (TPSA) is 0 Å². The van der Waals surface area contributed by atoms with Crippen LogP contribution >= 0.6 is 27.7 Å². The van der Waals surface area contributed by atoms with Gasteiger partial charge in [-0.3, -0.25) is 0 Å². The van der Waals surface area contributed by atoms with Crippen LogP contribution in [0.5, 0.6) is 0 Å². The SMILES string of the molecule is CSc1cccc2c1C=C(C)C2[Si](C)(C)C1C(C)=Cc2c(Br)cccc21. The number of hydrogen-bond acceptors (Lipinski definition) is 1. The molecule has 4 rings (SSSR count). The lowest BCUT2D eigenvalue weighted by molar-refractivity contribution is 0.965. The van der Waals surface area contributed by atoms with Crippen molar-refractivity contribution in [3.05, 3.63) is 74.3 Å². The van der Waals surface area contributed by atoms with Gasteiger partial charge in [-0.2, -0.15) is 0 Å². The Bertz CT molecular complexity index is 955. The molecular formula is C23H25BrSSi. The molecule has 0 amide bonds. The molecule has 0 spiro atoms. The molecule has 0 bridgehead atoms. The van der Waals surface area contributed by atoms with Crippen molar-refractivity contribution in [2.45, 2.75) is 42.9 Å². The minimum atomic E-state index is -1.69. The van der Waals surface area contributed by atoms with Gasteiger partial charge in [-0.05, 0) is 54.5 Å². The first-order valence-corrected chi connectivity index (χ1v) is 14.3. The maximum absolute atomic E-state index is 3.77. The average Bonchev–Trinajstić information content (AvgIpc) is 3.11. The molecule has 2 aromatic rings. The van der Waals surface area contributed by atoms with Gasteiger partial charge in [-0.1, -0.05) is 76.6 Å². The van der Waals surface area contributed by atoms with Crippen molar-refractivity contribution in [3.63, 3.8) is 0 Å². The fourth-order valence-corrected chi connectivity index (χ4v) is 11.4. The first-order chi connectivity index (χ1) is 12.4. The highest BCUT2D eigenvalue weighted by atomic mass is 79.9. The number of rotatable bonds is 3. The Morgan fingerprint density at radius 3 is 2.00 bits per heavy atom. The van der Waals surface area contributed by atoms with Crippen molar-refractivity contribution in [2.75, 3.05) is 6.26 Å². The second kappa shape index (κ2) is 6.54. The summed E-state index contributed by atoms with van der Waals surface area (Å²) in [5.41, 5.74) is 10.2. The van der Waals surface area contributed by atoms with Gasteiger partial charge >= 0.3 is 0 Å². The normalized spacial score (nSPS) is 21.3. The Labute approximate surface area is 170 Å². The van der Waals surface area contributed by atoms with Crippen LogP contribution in [0.25, 0.3) is 12.2 Å². The van der Waals surface area contributed by atoms with Crippen LogP contribution < -0.4 is 0 Å². The van der Waals surface area contributed by atoms with Gasteiger partial charge in [0.1, 0.15) is 0 Å². The molecule has 26 heavy (non-hydrogen) atoms. The Morgan fingerprint density at radius 2 is 1.38 bits per heavy atom. The van der Waals surface area contributed by atoms with E-state index < -0.39 is 8.07 Å². The van der Waals surface area contributed by atoms with Crippen molar-refractivity contribution in [3.8, 4) is 0 Å². The second-order valence-electron chi connectivity index (χ2n) is 8.17. The molecule has 0 saturated carbocycles. The van der Waals surface area contributed by atoms with Crippen LogP contribution in [0.4, 0.5) is 0 Å². The van der Waals surface area contributed by atoms with Gasteiger partial charge in [0.15, 0.2) is 0 Å². The van der Waals surface area contributed by atoms with Crippen molar-refractivity contribution < 1.29 is 0 Å². The second-order valence-corrected chi connectivity index (χ2v) is 14.7. The van der Waals surface area contributed by atoms with Crippen molar-refractivity contribution in [2.24, 2.45) is 0 Å². The highest BCUT2D eigenvalue weighted by Crippen LogP contribution is 2.53. The fourth-order valence-electron chi connectivity index (χ4n) is 5.36. The minimum absolute atomic E-state index is 0.576. The van der Waals surface area contributed by atoms with Crippen LogP contribution in [0, 0.1) is 0 Å². The van der Waals surface area contributed by atoms with Gasteiger partial charge in [-0.15, -0.1) is 11.8 Å². The van der Waals surface area contributed by atoms with Crippen LogP contribution in [0.2, 0.25) is 13.1 Å². The van der Waals surface area contributed by atoms with Crippen LogP contribution in [0.1, 0.15) is 47.2 Å². The third-order valence-corrected chi connectivity index (χ3v) is 12.2. The molecule has 0 heterocycles.